The van der Waals surface area contributed by atoms with Crippen LogP contribution >= 0.6 is 0 Å². The Labute approximate surface area is 177 Å². The van der Waals surface area contributed by atoms with Crippen molar-refractivity contribution in [2.75, 3.05) is 19.9 Å². The van der Waals surface area contributed by atoms with Crippen LogP contribution in [0.2, 0.25) is 0 Å². The van der Waals surface area contributed by atoms with Crippen LogP contribution in [-0.2, 0) is 17.8 Å². The third-order valence-corrected chi connectivity index (χ3v) is 4.51. The molecule has 0 unspecified atom stereocenters. The highest BCUT2D eigenvalue weighted by Gasteiger charge is 2.23. The van der Waals surface area contributed by atoms with Gasteiger partial charge in [0.05, 0.1) is 0 Å². The number of amides is 1. The summed E-state index contributed by atoms with van der Waals surface area (Å²) in [6, 6.07) is 12.8. The van der Waals surface area contributed by atoms with Gasteiger partial charge in [0, 0.05) is 19.6 Å². The molecule has 7 nitrogen and oxygen atoms in total. The normalized spacial score (nSPS) is 12.6. The van der Waals surface area contributed by atoms with Gasteiger partial charge in [0.2, 0.25) is 6.79 Å². The van der Waals surface area contributed by atoms with E-state index >= 15 is 0 Å². The summed E-state index contributed by atoms with van der Waals surface area (Å²) in [5, 5.41) is 12.7. The summed E-state index contributed by atoms with van der Waals surface area (Å²) in [5.74, 6) is 1.68. The van der Waals surface area contributed by atoms with E-state index in [0.717, 1.165) is 29.8 Å². The molecule has 0 atom stereocenters. The minimum atomic E-state index is -0.554. The van der Waals surface area contributed by atoms with Gasteiger partial charge in [-0.25, -0.2) is 4.79 Å². The number of rotatable bonds is 8. The highest BCUT2D eigenvalue weighted by atomic mass is 16.7. The maximum absolute atomic E-state index is 12.7. The van der Waals surface area contributed by atoms with Gasteiger partial charge in [-0.05, 0) is 69.1 Å². The molecule has 1 amide bonds. The smallest absolute Gasteiger partial charge is 0.410 e. The minimum absolute atomic E-state index is 0.223. The summed E-state index contributed by atoms with van der Waals surface area (Å²) >= 11 is 0. The van der Waals surface area contributed by atoms with E-state index in [9.17, 15) is 9.90 Å². The van der Waals surface area contributed by atoms with Gasteiger partial charge >= 0.3 is 6.09 Å². The largest absolute Gasteiger partial charge is 0.508 e. The lowest BCUT2D eigenvalue weighted by atomic mass is 10.2. The Balaban J connectivity index is 1.54. The number of nitrogens with zero attached hydrogens (tertiary/aromatic N) is 1. The molecular weight excluding hydrogens is 384 g/mol. The molecule has 7 heteroatoms. The van der Waals surface area contributed by atoms with Gasteiger partial charge in [-0.3, -0.25) is 0 Å². The van der Waals surface area contributed by atoms with Crippen LogP contribution in [-0.4, -0.2) is 41.6 Å². The van der Waals surface area contributed by atoms with Crippen LogP contribution in [0.4, 0.5) is 4.79 Å². The molecule has 30 heavy (non-hydrogen) atoms. The van der Waals surface area contributed by atoms with Crippen LogP contribution in [0.25, 0.3) is 0 Å². The fraction of sp³-hybridized carbons (Fsp3) is 0.435. The predicted molar refractivity (Wildman–Crippen MR) is 114 cm³/mol. The molecule has 0 radical (unpaired) electrons. The van der Waals surface area contributed by atoms with E-state index in [1.54, 1.807) is 17.0 Å². The molecule has 3 rings (SSSR count). The van der Waals surface area contributed by atoms with E-state index in [1.165, 1.54) is 0 Å². The molecule has 0 aromatic heterocycles. The second kappa shape index (κ2) is 9.71. The Kier molecular flexibility index (Phi) is 7.05. The number of hydrogen-bond donors (Lipinski definition) is 2. The summed E-state index contributed by atoms with van der Waals surface area (Å²) in [4.78, 5) is 14.4. The topological polar surface area (TPSA) is 80.3 Å². The Morgan fingerprint density at radius 3 is 2.53 bits per heavy atom. The number of aromatic hydroxyl groups is 1. The highest BCUT2D eigenvalue weighted by Crippen LogP contribution is 2.33. The van der Waals surface area contributed by atoms with E-state index in [0.29, 0.717) is 25.4 Å². The van der Waals surface area contributed by atoms with Crippen molar-refractivity contribution < 1.29 is 24.1 Å². The van der Waals surface area contributed by atoms with Gasteiger partial charge in [0.15, 0.2) is 11.5 Å². The third kappa shape index (κ3) is 6.56. The van der Waals surface area contributed by atoms with Crippen molar-refractivity contribution >= 4 is 6.09 Å². The molecule has 0 aliphatic carbocycles. The van der Waals surface area contributed by atoms with Crippen LogP contribution in [0, 0.1) is 0 Å². The molecule has 2 aromatic rings. The zero-order valence-corrected chi connectivity index (χ0v) is 17.8. The predicted octanol–water partition coefficient (Wildman–Crippen LogP) is 4.04. The van der Waals surface area contributed by atoms with Crippen molar-refractivity contribution in [2.45, 2.75) is 45.9 Å². The molecule has 0 saturated heterocycles. The SMILES string of the molecule is CC(C)(C)OC(=O)N(CCCNCc1ccc(O)cc1)Cc1ccc2c(c1)OCO2. The highest BCUT2D eigenvalue weighted by molar-refractivity contribution is 5.68. The summed E-state index contributed by atoms with van der Waals surface area (Å²) in [6.45, 7) is 8.27. The van der Waals surface area contributed by atoms with Crippen molar-refractivity contribution in [3.8, 4) is 17.2 Å². The second-order valence-electron chi connectivity index (χ2n) is 8.29. The fourth-order valence-electron chi connectivity index (χ4n) is 3.06. The summed E-state index contributed by atoms with van der Waals surface area (Å²) in [6.07, 6.45) is 0.445. The standard InChI is InChI=1S/C23H30N2O5/c1-23(2,3)30-22(27)25(15-18-7-10-20-21(13-18)29-16-28-20)12-4-11-24-14-17-5-8-19(26)9-6-17/h5-10,13,24,26H,4,11-12,14-16H2,1-3H3. The lowest BCUT2D eigenvalue weighted by Crippen LogP contribution is -2.37. The van der Waals surface area contributed by atoms with Gasteiger partial charge in [-0.15, -0.1) is 0 Å². The van der Waals surface area contributed by atoms with Gasteiger partial charge in [-0.1, -0.05) is 18.2 Å². The van der Waals surface area contributed by atoms with Crippen molar-refractivity contribution in [1.29, 1.82) is 0 Å². The molecule has 1 aliphatic rings. The van der Waals surface area contributed by atoms with Crippen molar-refractivity contribution in [3.63, 3.8) is 0 Å². The number of phenols is 1. The second-order valence-corrected chi connectivity index (χ2v) is 8.29. The van der Waals surface area contributed by atoms with Crippen LogP contribution < -0.4 is 14.8 Å². The minimum Gasteiger partial charge on any atom is -0.508 e. The Morgan fingerprint density at radius 2 is 1.80 bits per heavy atom. The Morgan fingerprint density at radius 1 is 1.10 bits per heavy atom. The molecule has 1 aliphatic heterocycles. The quantitative estimate of drug-likeness (QED) is 0.635. The Hall–Kier alpha value is -2.93. The molecule has 0 bridgehead atoms. The lowest BCUT2D eigenvalue weighted by molar-refractivity contribution is 0.0231. The average Bonchev–Trinajstić information content (AvgIpc) is 3.14. The van der Waals surface area contributed by atoms with Gasteiger partial charge in [-0.2, -0.15) is 0 Å². The number of nitrogens with one attached hydrogen (secondary N) is 1. The van der Waals surface area contributed by atoms with E-state index in [-0.39, 0.29) is 18.6 Å². The molecule has 162 valence electrons. The number of carbonyl (C=O) groups excluding carboxylic acids is 1. The van der Waals surface area contributed by atoms with E-state index in [1.807, 2.05) is 51.1 Å². The first-order valence-corrected chi connectivity index (χ1v) is 10.2. The Bertz CT molecular complexity index is 846. The summed E-state index contributed by atoms with van der Waals surface area (Å²) in [7, 11) is 0. The summed E-state index contributed by atoms with van der Waals surface area (Å²) in [5.41, 5.74) is 1.50. The molecule has 1 heterocycles. The number of benzene rings is 2. The van der Waals surface area contributed by atoms with Crippen molar-refractivity contribution in [2.24, 2.45) is 0 Å². The zero-order valence-electron chi connectivity index (χ0n) is 17.8. The first kappa shape index (κ1) is 21.8. The van der Waals surface area contributed by atoms with Crippen molar-refractivity contribution in [1.82, 2.24) is 10.2 Å². The van der Waals surface area contributed by atoms with Crippen LogP contribution in [0.3, 0.4) is 0 Å². The zero-order chi connectivity index (χ0) is 21.6. The lowest BCUT2D eigenvalue weighted by Gasteiger charge is -2.27. The third-order valence-electron chi connectivity index (χ3n) is 4.51. The maximum atomic E-state index is 12.7. The van der Waals surface area contributed by atoms with Crippen LogP contribution in [0.15, 0.2) is 42.5 Å². The van der Waals surface area contributed by atoms with Crippen LogP contribution in [0.5, 0.6) is 17.2 Å². The van der Waals surface area contributed by atoms with Gasteiger partial charge in [0.1, 0.15) is 11.4 Å². The van der Waals surface area contributed by atoms with Crippen molar-refractivity contribution in [3.05, 3.63) is 53.6 Å². The first-order valence-electron chi connectivity index (χ1n) is 10.2. The number of carbonyl (C=O) groups is 1. The molecule has 0 spiro atoms. The van der Waals surface area contributed by atoms with Gasteiger partial charge in [0.25, 0.3) is 0 Å². The number of phenolic OH excluding ortho intramolecular Hbond substituents is 1. The number of fused-ring (bicyclic) bond motifs is 1. The number of hydrogen-bond acceptors (Lipinski definition) is 6. The van der Waals surface area contributed by atoms with Crippen LogP contribution in [0.1, 0.15) is 38.3 Å². The summed E-state index contributed by atoms with van der Waals surface area (Å²) < 4.78 is 16.4. The first-order chi connectivity index (χ1) is 14.3. The number of ether oxygens (including phenoxy) is 3. The molecule has 0 saturated carbocycles. The molecule has 2 N–H and O–H groups in total. The maximum Gasteiger partial charge on any atom is 0.410 e. The average molecular weight is 415 g/mol. The molecule has 0 fully saturated rings. The molecule has 2 aromatic carbocycles. The van der Waals surface area contributed by atoms with E-state index < -0.39 is 5.60 Å². The van der Waals surface area contributed by atoms with E-state index in [2.05, 4.69) is 5.32 Å². The van der Waals surface area contributed by atoms with E-state index in [4.69, 9.17) is 14.2 Å². The molecular formula is C23H30N2O5. The van der Waals surface area contributed by atoms with Gasteiger partial charge < -0.3 is 29.5 Å². The fourth-order valence-corrected chi connectivity index (χ4v) is 3.06. The monoisotopic (exact) mass is 414 g/mol.